The zero-order chi connectivity index (χ0) is 13.5. The molecular weight excluding hydrogens is 256 g/mol. The maximum atomic E-state index is 6.10. The van der Waals surface area contributed by atoms with Crippen LogP contribution in [0.25, 0.3) is 5.57 Å². The van der Waals surface area contributed by atoms with Gasteiger partial charge in [-0.15, -0.1) is 0 Å². The highest BCUT2D eigenvalue weighted by atomic mass is 35.5. The molecule has 0 bridgehead atoms. The fraction of sp³-hybridized carbons (Fsp3) is 0.176. The van der Waals surface area contributed by atoms with Crippen molar-refractivity contribution in [2.75, 3.05) is 0 Å². The van der Waals surface area contributed by atoms with E-state index < -0.39 is 0 Å². The Balaban J connectivity index is 2.20. The van der Waals surface area contributed by atoms with Crippen LogP contribution in [0.5, 0.6) is 5.75 Å². The molecule has 0 aliphatic carbocycles. The van der Waals surface area contributed by atoms with Gasteiger partial charge in [0, 0.05) is 10.6 Å². The first-order chi connectivity index (χ1) is 9.05. The predicted molar refractivity (Wildman–Crippen MR) is 79.7 cm³/mol. The molecule has 96 valence electrons. The molecule has 3 rings (SSSR count). The highest BCUT2D eigenvalue weighted by Crippen LogP contribution is 2.39. The summed E-state index contributed by atoms with van der Waals surface area (Å²) in [5.41, 5.74) is 3.10. The Morgan fingerprint density at radius 3 is 2.58 bits per heavy atom. The minimum atomic E-state index is -0.313. The normalized spacial score (nSPS) is 16.3. The van der Waals surface area contributed by atoms with E-state index in [1.165, 1.54) is 5.57 Å². The van der Waals surface area contributed by atoms with E-state index in [1.807, 2.05) is 36.4 Å². The number of ether oxygens (including phenoxy) is 1. The minimum Gasteiger partial charge on any atom is -0.483 e. The Morgan fingerprint density at radius 2 is 1.79 bits per heavy atom. The van der Waals surface area contributed by atoms with Crippen LogP contribution in [0.1, 0.15) is 25.0 Å². The number of hydrogen-bond acceptors (Lipinski definition) is 1. The van der Waals surface area contributed by atoms with Crippen LogP contribution < -0.4 is 4.74 Å². The van der Waals surface area contributed by atoms with Crippen LogP contribution in [0.2, 0.25) is 5.02 Å². The molecule has 2 aromatic rings. The summed E-state index contributed by atoms with van der Waals surface area (Å²) in [6, 6.07) is 16.0. The number of benzene rings is 2. The summed E-state index contributed by atoms with van der Waals surface area (Å²) in [7, 11) is 0. The first-order valence-electron chi connectivity index (χ1n) is 6.32. The van der Waals surface area contributed by atoms with Crippen molar-refractivity contribution in [2.24, 2.45) is 0 Å². The lowest BCUT2D eigenvalue weighted by Gasteiger charge is -2.31. The van der Waals surface area contributed by atoms with Gasteiger partial charge in [0.15, 0.2) is 0 Å². The van der Waals surface area contributed by atoms with Crippen molar-refractivity contribution in [3.05, 3.63) is 70.8 Å². The third-order valence-electron chi connectivity index (χ3n) is 3.18. The lowest BCUT2D eigenvalue weighted by atomic mass is 9.90. The molecule has 0 radical (unpaired) electrons. The zero-order valence-corrected chi connectivity index (χ0v) is 11.7. The number of para-hydroxylation sites is 1. The molecular formula is C17H15ClO. The zero-order valence-electron chi connectivity index (χ0n) is 11.0. The average molecular weight is 271 g/mol. The molecule has 0 fully saturated rings. The van der Waals surface area contributed by atoms with Gasteiger partial charge in [-0.2, -0.15) is 0 Å². The number of rotatable bonds is 1. The van der Waals surface area contributed by atoms with Crippen molar-refractivity contribution in [1.82, 2.24) is 0 Å². The average Bonchev–Trinajstić information content (AvgIpc) is 2.36. The Labute approximate surface area is 118 Å². The second-order valence-corrected chi connectivity index (χ2v) is 5.71. The molecule has 1 aliphatic rings. The molecule has 0 saturated carbocycles. The maximum Gasteiger partial charge on any atom is 0.128 e. The van der Waals surface area contributed by atoms with E-state index in [0.717, 1.165) is 21.9 Å². The molecule has 0 amide bonds. The Morgan fingerprint density at radius 1 is 1.00 bits per heavy atom. The molecule has 19 heavy (non-hydrogen) atoms. The quantitative estimate of drug-likeness (QED) is 0.713. The maximum absolute atomic E-state index is 6.10. The first kappa shape index (κ1) is 12.3. The molecule has 0 aromatic heterocycles. The van der Waals surface area contributed by atoms with Crippen molar-refractivity contribution in [1.29, 1.82) is 0 Å². The summed E-state index contributed by atoms with van der Waals surface area (Å²) in [4.78, 5) is 0. The van der Waals surface area contributed by atoms with Gasteiger partial charge in [0.05, 0.1) is 0 Å². The lowest BCUT2D eigenvalue weighted by Crippen LogP contribution is -2.29. The summed E-state index contributed by atoms with van der Waals surface area (Å²) in [6.07, 6.45) is 2.15. The highest BCUT2D eigenvalue weighted by Gasteiger charge is 2.26. The molecule has 1 nitrogen and oxygen atoms in total. The molecule has 0 spiro atoms. The van der Waals surface area contributed by atoms with Crippen LogP contribution in [-0.4, -0.2) is 5.60 Å². The predicted octanol–water partition coefficient (Wildman–Crippen LogP) is 4.94. The molecule has 2 heteroatoms. The largest absolute Gasteiger partial charge is 0.483 e. The third-order valence-corrected chi connectivity index (χ3v) is 3.41. The van der Waals surface area contributed by atoms with Gasteiger partial charge >= 0.3 is 0 Å². The monoisotopic (exact) mass is 270 g/mol. The summed E-state index contributed by atoms with van der Waals surface area (Å²) in [5, 5.41) is 0.750. The second kappa shape index (κ2) is 4.43. The Kier molecular flexibility index (Phi) is 2.87. The van der Waals surface area contributed by atoms with Crippen LogP contribution in [0, 0.1) is 0 Å². The summed E-state index contributed by atoms with van der Waals surface area (Å²) >= 11 is 6.10. The number of hydrogen-bond donors (Lipinski definition) is 0. The molecule has 1 aliphatic heterocycles. The second-order valence-electron chi connectivity index (χ2n) is 5.27. The van der Waals surface area contributed by atoms with Crippen molar-refractivity contribution < 1.29 is 4.74 Å². The van der Waals surface area contributed by atoms with E-state index >= 15 is 0 Å². The van der Waals surface area contributed by atoms with Gasteiger partial charge in [-0.3, -0.25) is 0 Å². The molecule has 1 heterocycles. The van der Waals surface area contributed by atoms with E-state index in [0.29, 0.717) is 0 Å². The van der Waals surface area contributed by atoms with Crippen LogP contribution in [0.3, 0.4) is 0 Å². The third kappa shape index (κ3) is 2.39. The summed E-state index contributed by atoms with van der Waals surface area (Å²) in [6.45, 7) is 4.13. The number of fused-ring (bicyclic) bond motifs is 1. The SMILES string of the molecule is CC1(C)C=C(c2cccc(Cl)c2)c2ccccc2O1. The van der Waals surface area contributed by atoms with Gasteiger partial charge in [-0.25, -0.2) is 0 Å². The summed E-state index contributed by atoms with van der Waals surface area (Å²) in [5.74, 6) is 0.921. The standard InChI is InChI=1S/C17H15ClO/c1-17(2)11-15(12-6-5-7-13(18)10-12)14-8-3-4-9-16(14)19-17/h3-11H,1-2H3. The van der Waals surface area contributed by atoms with Gasteiger partial charge < -0.3 is 4.74 Å². The van der Waals surface area contributed by atoms with Gasteiger partial charge in [-0.1, -0.05) is 41.9 Å². The first-order valence-corrected chi connectivity index (χ1v) is 6.70. The fourth-order valence-electron chi connectivity index (χ4n) is 2.41. The van der Waals surface area contributed by atoms with Gasteiger partial charge in [0.25, 0.3) is 0 Å². The summed E-state index contributed by atoms with van der Waals surface area (Å²) < 4.78 is 5.99. The van der Waals surface area contributed by atoms with Crippen molar-refractivity contribution >= 4 is 17.2 Å². The van der Waals surface area contributed by atoms with Crippen molar-refractivity contribution in [3.63, 3.8) is 0 Å². The van der Waals surface area contributed by atoms with Gasteiger partial charge in [-0.05, 0) is 49.3 Å². The Bertz CT molecular complexity index is 656. The van der Waals surface area contributed by atoms with Crippen molar-refractivity contribution in [2.45, 2.75) is 19.4 Å². The Hall–Kier alpha value is -1.73. The molecule has 0 unspecified atom stereocenters. The molecule has 0 atom stereocenters. The molecule has 0 saturated heterocycles. The smallest absolute Gasteiger partial charge is 0.128 e. The highest BCUT2D eigenvalue weighted by molar-refractivity contribution is 6.30. The van der Waals surface area contributed by atoms with Gasteiger partial charge in [0.2, 0.25) is 0 Å². The minimum absolute atomic E-state index is 0.313. The van der Waals surface area contributed by atoms with E-state index in [4.69, 9.17) is 16.3 Å². The molecule has 2 aromatic carbocycles. The number of halogens is 1. The van der Waals surface area contributed by atoms with Crippen LogP contribution in [0.15, 0.2) is 54.6 Å². The van der Waals surface area contributed by atoms with E-state index in [9.17, 15) is 0 Å². The fourth-order valence-corrected chi connectivity index (χ4v) is 2.60. The van der Waals surface area contributed by atoms with Crippen LogP contribution in [-0.2, 0) is 0 Å². The van der Waals surface area contributed by atoms with E-state index in [1.54, 1.807) is 0 Å². The van der Waals surface area contributed by atoms with E-state index in [2.05, 4.69) is 32.1 Å². The van der Waals surface area contributed by atoms with Crippen LogP contribution in [0.4, 0.5) is 0 Å². The van der Waals surface area contributed by atoms with Crippen molar-refractivity contribution in [3.8, 4) is 5.75 Å². The molecule has 0 N–H and O–H groups in total. The topological polar surface area (TPSA) is 9.23 Å². The lowest BCUT2D eigenvalue weighted by molar-refractivity contribution is 0.158. The van der Waals surface area contributed by atoms with Gasteiger partial charge in [0.1, 0.15) is 11.4 Å². The van der Waals surface area contributed by atoms with E-state index in [-0.39, 0.29) is 5.60 Å². The van der Waals surface area contributed by atoms with Crippen LogP contribution >= 0.6 is 11.6 Å².